The summed E-state index contributed by atoms with van der Waals surface area (Å²) in [5, 5.41) is 0. The predicted octanol–water partition coefficient (Wildman–Crippen LogP) is 5.80. The van der Waals surface area contributed by atoms with E-state index in [1.54, 1.807) is 11.3 Å². The maximum absolute atomic E-state index is 6.18. The summed E-state index contributed by atoms with van der Waals surface area (Å²) >= 11 is 19.4. The highest BCUT2D eigenvalue weighted by Gasteiger charge is 2.17. The number of halogens is 4. The minimum atomic E-state index is -0.124. The molecule has 0 aliphatic heterocycles. The van der Waals surface area contributed by atoms with E-state index in [4.69, 9.17) is 17.3 Å². The molecule has 86 valence electrons. The van der Waals surface area contributed by atoms with E-state index in [9.17, 15) is 0 Å². The third kappa shape index (κ3) is 2.74. The van der Waals surface area contributed by atoms with Gasteiger partial charge in [-0.3, -0.25) is 0 Å². The molecule has 7 heteroatoms. The van der Waals surface area contributed by atoms with Crippen molar-refractivity contribution in [3.8, 4) is 0 Å². The van der Waals surface area contributed by atoms with E-state index in [2.05, 4.69) is 47.8 Å². The number of nitrogens with two attached hydrogens (primary N) is 1. The summed E-state index contributed by atoms with van der Waals surface area (Å²) in [4.78, 5) is 2.15. The van der Waals surface area contributed by atoms with Gasteiger partial charge in [0.25, 0.3) is 0 Å². The van der Waals surface area contributed by atoms with E-state index in [1.807, 2.05) is 12.1 Å². The minimum Gasteiger partial charge on any atom is -0.319 e. The lowest BCUT2D eigenvalue weighted by molar-refractivity contribution is 0.916. The molecule has 0 aliphatic carbocycles. The molecule has 2 rings (SSSR count). The summed E-state index contributed by atoms with van der Waals surface area (Å²) in [6.07, 6.45) is 0. The molecule has 2 heterocycles. The van der Waals surface area contributed by atoms with Crippen molar-refractivity contribution in [2.24, 2.45) is 5.73 Å². The first-order valence-electron chi connectivity index (χ1n) is 4.14. The molecule has 0 spiro atoms. The highest BCUT2D eigenvalue weighted by atomic mass is 79.9. The second-order valence-electron chi connectivity index (χ2n) is 3.02. The molecular formula is C9H5Br3ClNS2. The zero-order valence-corrected chi connectivity index (χ0v) is 14.8. The molecule has 0 saturated carbocycles. The van der Waals surface area contributed by atoms with Gasteiger partial charge in [-0.15, -0.1) is 22.7 Å². The van der Waals surface area contributed by atoms with Crippen molar-refractivity contribution in [1.82, 2.24) is 0 Å². The van der Waals surface area contributed by atoms with Crippen molar-refractivity contribution in [3.63, 3.8) is 0 Å². The Balaban J connectivity index is 2.34. The lowest BCUT2D eigenvalue weighted by atomic mass is 10.2. The molecule has 0 aromatic carbocycles. The van der Waals surface area contributed by atoms with Crippen LogP contribution in [0.2, 0.25) is 4.34 Å². The van der Waals surface area contributed by atoms with E-state index < -0.39 is 0 Å². The normalized spacial score (nSPS) is 13.1. The first kappa shape index (κ1) is 13.5. The summed E-state index contributed by atoms with van der Waals surface area (Å²) in [6, 6.07) is 3.88. The van der Waals surface area contributed by atoms with Crippen molar-refractivity contribution in [3.05, 3.63) is 39.0 Å². The highest BCUT2D eigenvalue weighted by Crippen LogP contribution is 2.41. The van der Waals surface area contributed by atoms with Crippen LogP contribution in [0.15, 0.2) is 24.9 Å². The zero-order valence-electron chi connectivity index (χ0n) is 7.64. The summed E-state index contributed by atoms with van der Waals surface area (Å²) in [5.41, 5.74) is 6.18. The van der Waals surface area contributed by atoms with Gasteiger partial charge in [0.05, 0.1) is 9.83 Å². The van der Waals surface area contributed by atoms with Gasteiger partial charge in [0, 0.05) is 18.7 Å². The van der Waals surface area contributed by atoms with E-state index in [0.29, 0.717) is 0 Å². The first-order valence-corrected chi connectivity index (χ1v) is 8.53. The van der Waals surface area contributed by atoms with Gasteiger partial charge in [-0.1, -0.05) is 11.6 Å². The lowest BCUT2D eigenvalue weighted by Gasteiger charge is -2.05. The van der Waals surface area contributed by atoms with Crippen LogP contribution in [0.1, 0.15) is 15.8 Å². The quantitative estimate of drug-likeness (QED) is 0.595. The molecule has 0 amide bonds. The van der Waals surface area contributed by atoms with Gasteiger partial charge in [0.2, 0.25) is 0 Å². The van der Waals surface area contributed by atoms with E-state index in [0.717, 1.165) is 26.8 Å². The number of thiophene rings is 2. The molecule has 1 nitrogen and oxygen atoms in total. The SMILES string of the molecule is NC(c1cc(Br)c(Cl)s1)c1cc(Br)c(Br)s1. The van der Waals surface area contributed by atoms with Gasteiger partial charge < -0.3 is 5.73 Å². The van der Waals surface area contributed by atoms with Crippen LogP contribution in [0.3, 0.4) is 0 Å². The van der Waals surface area contributed by atoms with Gasteiger partial charge in [-0.2, -0.15) is 0 Å². The average Bonchev–Trinajstić information content (AvgIpc) is 2.72. The average molecular weight is 466 g/mol. The Morgan fingerprint density at radius 1 is 1.06 bits per heavy atom. The fraction of sp³-hybridized carbons (Fsp3) is 0.111. The minimum absolute atomic E-state index is 0.124. The van der Waals surface area contributed by atoms with Crippen molar-refractivity contribution < 1.29 is 0 Å². The van der Waals surface area contributed by atoms with Gasteiger partial charge in [0.1, 0.15) is 4.34 Å². The molecule has 2 aromatic rings. The summed E-state index contributed by atoms with van der Waals surface area (Å²) < 4.78 is 3.73. The molecule has 0 aliphatic rings. The van der Waals surface area contributed by atoms with E-state index >= 15 is 0 Å². The Labute approximate surface area is 131 Å². The van der Waals surface area contributed by atoms with Crippen LogP contribution in [-0.4, -0.2) is 0 Å². The summed E-state index contributed by atoms with van der Waals surface area (Å²) in [7, 11) is 0. The summed E-state index contributed by atoms with van der Waals surface area (Å²) in [6.45, 7) is 0. The number of hydrogen-bond acceptors (Lipinski definition) is 3. The molecule has 0 fully saturated rings. The van der Waals surface area contributed by atoms with Gasteiger partial charge in [-0.25, -0.2) is 0 Å². The fourth-order valence-corrected chi connectivity index (χ4v) is 5.12. The fourth-order valence-electron chi connectivity index (χ4n) is 1.17. The second kappa shape index (κ2) is 5.38. The molecule has 2 aromatic heterocycles. The predicted molar refractivity (Wildman–Crippen MR) is 82.8 cm³/mol. The monoisotopic (exact) mass is 463 g/mol. The van der Waals surface area contributed by atoms with Crippen LogP contribution in [-0.2, 0) is 0 Å². The Morgan fingerprint density at radius 3 is 2.06 bits per heavy atom. The molecule has 2 N–H and O–H groups in total. The van der Waals surface area contributed by atoms with Crippen LogP contribution in [0.5, 0.6) is 0 Å². The maximum atomic E-state index is 6.18. The zero-order chi connectivity index (χ0) is 11.9. The van der Waals surface area contributed by atoms with Crippen molar-refractivity contribution in [2.45, 2.75) is 6.04 Å². The van der Waals surface area contributed by atoms with Crippen LogP contribution >= 0.6 is 82.1 Å². The molecular weight excluding hydrogens is 461 g/mol. The maximum Gasteiger partial charge on any atom is 0.107 e. The number of hydrogen-bond donors (Lipinski definition) is 1. The summed E-state index contributed by atoms with van der Waals surface area (Å²) in [5.74, 6) is 0. The highest BCUT2D eigenvalue weighted by molar-refractivity contribution is 9.13. The van der Waals surface area contributed by atoms with E-state index in [1.165, 1.54) is 11.3 Å². The third-order valence-corrected chi connectivity index (χ3v) is 7.84. The number of rotatable bonds is 2. The van der Waals surface area contributed by atoms with Crippen LogP contribution < -0.4 is 5.73 Å². The molecule has 0 radical (unpaired) electrons. The Kier molecular flexibility index (Phi) is 4.55. The van der Waals surface area contributed by atoms with Gasteiger partial charge in [-0.05, 0) is 59.9 Å². The van der Waals surface area contributed by atoms with Crippen LogP contribution in [0.4, 0.5) is 0 Å². The van der Waals surface area contributed by atoms with E-state index in [-0.39, 0.29) is 6.04 Å². The molecule has 0 bridgehead atoms. The topological polar surface area (TPSA) is 26.0 Å². The standard InChI is InChI=1S/C9H5Br3ClNS2/c10-3-1-5(15-8(3)12)7(14)6-2-4(11)9(13)16-6/h1-2,7H,14H2. The molecule has 0 saturated heterocycles. The first-order chi connectivity index (χ1) is 7.49. The molecule has 16 heavy (non-hydrogen) atoms. The van der Waals surface area contributed by atoms with Gasteiger partial charge >= 0.3 is 0 Å². The lowest BCUT2D eigenvalue weighted by Crippen LogP contribution is -2.07. The Hall–Kier alpha value is 1.09. The Morgan fingerprint density at radius 2 is 1.62 bits per heavy atom. The van der Waals surface area contributed by atoms with Crippen molar-refractivity contribution in [2.75, 3.05) is 0 Å². The largest absolute Gasteiger partial charge is 0.319 e. The molecule has 1 unspecified atom stereocenters. The smallest absolute Gasteiger partial charge is 0.107 e. The Bertz CT molecular complexity index is 438. The van der Waals surface area contributed by atoms with Crippen LogP contribution in [0, 0.1) is 0 Å². The third-order valence-electron chi connectivity index (χ3n) is 1.94. The van der Waals surface area contributed by atoms with Crippen molar-refractivity contribution >= 4 is 82.1 Å². The second-order valence-corrected chi connectivity index (χ2v) is 8.81. The van der Waals surface area contributed by atoms with Crippen LogP contribution in [0.25, 0.3) is 0 Å². The molecule has 1 atom stereocenters. The van der Waals surface area contributed by atoms with Gasteiger partial charge in [0.15, 0.2) is 0 Å². The van der Waals surface area contributed by atoms with Crippen molar-refractivity contribution in [1.29, 1.82) is 0 Å².